The van der Waals surface area contributed by atoms with E-state index in [2.05, 4.69) is 20.6 Å². The van der Waals surface area contributed by atoms with Gasteiger partial charge in [-0.2, -0.15) is 4.98 Å². The second kappa shape index (κ2) is 9.07. The molecular formula is C22H26N6O3S. The molecule has 2 amide bonds. The highest BCUT2D eigenvalue weighted by Gasteiger charge is 2.27. The Morgan fingerprint density at radius 1 is 1.25 bits per heavy atom. The van der Waals surface area contributed by atoms with Crippen LogP contribution in [0.25, 0.3) is 10.3 Å². The van der Waals surface area contributed by atoms with Crippen LogP contribution in [-0.2, 0) is 16.1 Å². The van der Waals surface area contributed by atoms with Gasteiger partial charge in [0.25, 0.3) is 5.56 Å². The van der Waals surface area contributed by atoms with E-state index in [1.54, 1.807) is 7.05 Å². The quantitative estimate of drug-likeness (QED) is 0.611. The number of nitrogens with one attached hydrogen (secondary N) is 2. The smallest absolute Gasteiger partial charge is 0.273 e. The van der Waals surface area contributed by atoms with Crippen molar-refractivity contribution in [3.63, 3.8) is 0 Å². The average molecular weight is 455 g/mol. The molecule has 1 atom stereocenters. The first-order valence-electron chi connectivity index (χ1n) is 10.6. The Morgan fingerprint density at radius 2 is 2.00 bits per heavy atom. The fourth-order valence-electron chi connectivity index (χ4n) is 4.00. The van der Waals surface area contributed by atoms with Crippen LogP contribution < -0.4 is 21.1 Å². The van der Waals surface area contributed by atoms with Gasteiger partial charge in [0.15, 0.2) is 10.8 Å². The zero-order valence-corrected chi connectivity index (χ0v) is 19.2. The maximum Gasteiger partial charge on any atom is 0.273 e. The Morgan fingerprint density at radius 3 is 2.72 bits per heavy atom. The van der Waals surface area contributed by atoms with Crippen LogP contribution in [0.2, 0.25) is 0 Å². The third-order valence-corrected chi connectivity index (χ3v) is 6.83. The van der Waals surface area contributed by atoms with E-state index in [1.165, 1.54) is 22.2 Å². The lowest BCUT2D eigenvalue weighted by atomic mass is 9.98. The van der Waals surface area contributed by atoms with Gasteiger partial charge in [0.2, 0.25) is 11.8 Å². The molecule has 1 aromatic carbocycles. The average Bonchev–Trinajstić information content (AvgIpc) is 3.23. The standard InChI is InChI=1S/C22H26N6O3S/c1-13-6-4-7-14(2)17(13)25-16(29)11-28-12-24-19-18(21(28)31)32-22(26-19)27-9-5-8-15(10-27)20(30)23-3/h4,6-7,12,15H,5,8-11H2,1-3H3,(H,23,30)(H,25,29). The molecule has 4 rings (SSSR count). The number of aromatic nitrogens is 3. The summed E-state index contributed by atoms with van der Waals surface area (Å²) in [6, 6.07) is 5.79. The number of para-hydroxylation sites is 1. The van der Waals surface area contributed by atoms with Crippen molar-refractivity contribution < 1.29 is 9.59 Å². The summed E-state index contributed by atoms with van der Waals surface area (Å²) in [7, 11) is 1.64. The summed E-state index contributed by atoms with van der Waals surface area (Å²) in [5.74, 6) is -0.370. The van der Waals surface area contributed by atoms with Gasteiger partial charge in [0, 0.05) is 25.8 Å². The maximum atomic E-state index is 13.0. The molecular weight excluding hydrogens is 428 g/mol. The predicted octanol–water partition coefficient (Wildman–Crippen LogP) is 2.07. The summed E-state index contributed by atoms with van der Waals surface area (Å²) in [5.41, 5.74) is 2.75. The van der Waals surface area contributed by atoms with E-state index in [1.807, 2.05) is 36.9 Å². The first kappa shape index (κ1) is 21.9. The molecule has 1 saturated heterocycles. The number of piperidine rings is 1. The van der Waals surface area contributed by atoms with E-state index in [0.717, 1.165) is 36.2 Å². The Hall–Kier alpha value is -3.27. The topological polar surface area (TPSA) is 109 Å². The highest BCUT2D eigenvalue weighted by atomic mass is 32.1. The van der Waals surface area contributed by atoms with Crippen molar-refractivity contribution in [3.05, 3.63) is 46.0 Å². The number of fused-ring (bicyclic) bond motifs is 1. The fraction of sp³-hybridized carbons (Fsp3) is 0.409. The molecule has 3 aromatic rings. The van der Waals surface area contributed by atoms with Crippen molar-refractivity contribution in [2.45, 2.75) is 33.2 Å². The fourth-order valence-corrected chi connectivity index (χ4v) is 5.00. The maximum absolute atomic E-state index is 13.0. The molecule has 3 heterocycles. The van der Waals surface area contributed by atoms with Gasteiger partial charge >= 0.3 is 0 Å². The first-order valence-corrected chi connectivity index (χ1v) is 11.4. The minimum atomic E-state index is -0.296. The number of nitrogens with zero attached hydrogens (tertiary/aromatic N) is 4. The monoisotopic (exact) mass is 454 g/mol. The summed E-state index contributed by atoms with van der Waals surface area (Å²) in [6.45, 7) is 5.06. The van der Waals surface area contributed by atoms with Gasteiger partial charge in [0.05, 0.1) is 5.92 Å². The molecule has 0 spiro atoms. The molecule has 0 bridgehead atoms. The van der Waals surface area contributed by atoms with E-state index >= 15 is 0 Å². The number of benzene rings is 1. The second-order valence-corrected chi connectivity index (χ2v) is 9.02. The van der Waals surface area contributed by atoms with Crippen molar-refractivity contribution in [2.24, 2.45) is 5.92 Å². The molecule has 9 nitrogen and oxygen atoms in total. The third kappa shape index (κ3) is 4.36. The number of amides is 2. The van der Waals surface area contributed by atoms with Gasteiger partial charge in [-0.05, 0) is 37.8 Å². The predicted molar refractivity (Wildman–Crippen MR) is 125 cm³/mol. The molecule has 0 saturated carbocycles. The summed E-state index contributed by atoms with van der Waals surface area (Å²) in [4.78, 5) is 48.5. The van der Waals surface area contributed by atoms with Crippen LogP contribution in [0.15, 0.2) is 29.3 Å². The lowest BCUT2D eigenvalue weighted by Gasteiger charge is -2.31. The highest BCUT2D eigenvalue weighted by molar-refractivity contribution is 7.22. The third-order valence-electron chi connectivity index (χ3n) is 5.74. The number of thiazole rings is 1. The van der Waals surface area contributed by atoms with Crippen LogP contribution in [0.4, 0.5) is 10.8 Å². The van der Waals surface area contributed by atoms with Gasteiger partial charge in [-0.3, -0.25) is 19.0 Å². The summed E-state index contributed by atoms with van der Waals surface area (Å²) in [5, 5.41) is 6.28. The molecule has 32 heavy (non-hydrogen) atoms. The molecule has 1 fully saturated rings. The van der Waals surface area contributed by atoms with Crippen LogP contribution in [-0.4, -0.2) is 46.5 Å². The van der Waals surface area contributed by atoms with E-state index in [4.69, 9.17) is 0 Å². The van der Waals surface area contributed by atoms with Crippen molar-refractivity contribution in [1.29, 1.82) is 0 Å². The number of carbonyl (C=O) groups excluding carboxylic acids is 2. The van der Waals surface area contributed by atoms with Crippen molar-refractivity contribution in [2.75, 3.05) is 30.4 Å². The summed E-state index contributed by atoms with van der Waals surface area (Å²) >= 11 is 1.26. The first-order chi connectivity index (χ1) is 15.4. The van der Waals surface area contributed by atoms with Crippen molar-refractivity contribution >= 4 is 44.3 Å². The van der Waals surface area contributed by atoms with E-state index in [-0.39, 0.29) is 29.8 Å². The molecule has 168 valence electrons. The zero-order chi connectivity index (χ0) is 22.8. The van der Waals surface area contributed by atoms with Crippen LogP contribution >= 0.6 is 11.3 Å². The van der Waals surface area contributed by atoms with Crippen LogP contribution in [0.3, 0.4) is 0 Å². The number of aryl methyl sites for hydroxylation is 2. The lowest BCUT2D eigenvalue weighted by molar-refractivity contribution is -0.124. The molecule has 10 heteroatoms. The molecule has 1 unspecified atom stereocenters. The minimum absolute atomic E-state index is 0.0196. The molecule has 1 aliphatic rings. The van der Waals surface area contributed by atoms with Gasteiger partial charge in [0.1, 0.15) is 17.6 Å². The number of carbonyl (C=O) groups is 2. The van der Waals surface area contributed by atoms with Crippen LogP contribution in [0.5, 0.6) is 0 Å². The highest BCUT2D eigenvalue weighted by Crippen LogP contribution is 2.29. The SMILES string of the molecule is CNC(=O)C1CCCN(c2nc3ncn(CC(=O)Nc4c(C)cccc4C)c(=O)c3s2)C1. The lowest BCUT2D eigenvalue weighted by Crippen LogP contribution is -2.42. The number of hydrogen-bond acceptors (Lipinski definition) is 7. The molecule has 1 aliphatic heterocycles. The van der Waals surface area contributed by atoms with Crippen LogP contribution in [0, 0.1) is 19.8 Å². The van der Waals surface area contributed by atoms with Gasteiger partial charge in [-0.1, -0.05) is 29.5 Å². The largest absolute Gasteiger partial charge is 0.359 e. The summed E-state index contributed by atoms with van der Waals surface area (Å²) in [6.07, 6.45) is 3.08. The van der Waals surface area contributed by atoms with Crippen LogP contribution in [0.1, 0.15) is 24.0 Å². The normalized spacial score (nSPS) is 16.2. The number of anilines is 2. The summed E-state index contributed by atoms with van der Waals surface area (Å²) < 4.78 is 1.71. The molecule has 0 radical (unpaired) electrons. The zero-order valence-electron chi connectivity index (χ0n) is 18.3. The molecule has 0 aliphatic carbocycles. The van der Waals surface area contributed by atoms with Gasteiger partial charge in [-0.25, -0.2) is 4.98 Å². The Balaban J connectivity index is 1.54. The van der Waals surface area contributed by atoms with Gasteiger partial charge in [-0.15, -0.1) is 0 Å². The Labute approximate surface area is 189 Å². The van der Waals surface area contributed by atoms with Gasteiger partial charge < -0.3 is 15.5 Å². The molecule has 2 aromatic heterocycles. The van der Waals surface area contributed by atoms with E-state index in [9.17, 15) is 14.4 Å². The van der Waals surface area contributed by atoms with Crippen molar-refractivity contribution in [3.8, 4) is 0 Å². The number of rotatable bonds is 5. The Bertz CT molecular complexity index is 1210. The van der Waals surface area contributed by atoms with Crippen molar-refractivity contribution in [1.82, 2.24) is 19.9 Å². The second-order valence-electron chi connectivity index (χ2n) is 8.04. The van der Waals surface area contributed by atoms with E-state index in [0.29, 0.717) is 22.0 Å². The Kier molecular flexibility index (Phi) is 6.22. The molecule has 2 N–H and O–H groups in total. The minimum Gasteiger partial charge on any atom is -0.359 e. The number of hydrogen-bond donors (Lipinski definition) is 2. The van der Waals surface area contributed by atoms with E-state index < -0.39 is 0 Å².